The van der Waals surface area contributed by atoms with Gasteiger partial charge < -0.3 is 14.1 Å². The first-order chi connectivity index (χ1) is 14.3. The van der Waals surface area contributed by atoms with Crippen molar-refractivity contribution in [3.8, 4) is 17.1 Å². The standard InChI is InChI=1S/C23H23BrClNO4/c1-5-26(6-2)16-9-7-14(8-10-16)20-22(30-23(28)13(3)4)19(27)17-11-15(25)12-18(24)21(17)29-20/h7-13H,5-6H2,1-4H3. The van der Waals surface area contributed by atoms with E-state index in [2.05, 4.69) is 34.7 Å². The smallest absolute Gasteiger partial charge is 0.314 e. The third-order valence-corrected chi connectivity index (χ3v) is 5.61. The third kappa shape index (κ3) is 4.40. The van der Waals surface area contributed by atoms with Crippen LogP contribution in [0, 0.1) is 5.92 Å². The Morgan fingerprint density at radius 2 is 1.80 bits per heavy atom. The number of esters is 1. The van der Waals surface area contributed by atoms with Crippen LogP contribution < -0.4 is 15.1 Å². The maximum Gasteiger partial charge on any atom is 0.314 e. The number of hydrogen-bond acceptors (Lipinski definition) is 5. The summed E-state index contributed by atoms with van der Waals surface area (Å²) in [5, 5.41) is 0.614. The van der Waals surface area contributed by atoms with E-state index in [1.54, 1.807) is 19.9 Å². The Bertz CT molecular complexity index is 1130. The van der Waals surface area contributed by atoms with Crippen molar-refractivity contribution >= 4 is 50.2 Å². The lowest BCUT2D eigenvalue weighted by atomic mass is 10.1. The van der Waals surface area contributed by atoms with Crippen molar-refractivity contribution in [1.29, 1.82) is 0 Å². The van der Waals surface area contributed by atoms with E-state index < -0.39 is 17.3 Å². The van der Waals surface area contributed by atoms with E-state index in [0.29, 0.717) is 20.6 Å². The molecule has 0 unspecified atom stereocenters. The molecule has 0 saturated heterocycles. The van der Waals surface area contributed by atoms with Crippen LogP contribution in [0.25, 0.3) is 22.3 Å². The van der Waals surface area contributed by atoms with Gasteiger partial charge in [-0.15, -0.1) is 0 Å². The molecule has 2 aromatic carbocycles. The summed E-state index contributed by atoms with van der Waals surface area (Å²) in [6.07, 6.45) is 0. The van der Waals surface area contributed by atoms with E-state index in [9.17, 15) is 9.59 Å². The van der Waals surface area contributed by atoms with Gasteiger partial charge in [0.1, 0.15) is 0 Å². The maximum absolute atomic E-state index is 13.2. The molecule has 0 saturated carbocycles. The molecule has 0 aliphatic rings. The summed E-state index contributed by atoms with van der Waals surface area (Å²) < 4.78 is 12.1. The summed E-state index contributed by atoms with van der Waals surface area (Å²) in [6, 6.07) is 10.8. The molecule has 0 bridgehead atoms. The van der Waals surface area contributed by atoms with Crippen molar-refractivity contribution in [2.24, 2.45) is 5.92 Å². The molecule has 0 amide bonds. The van der Waals surface area contributed by atoms with Gasteiger partial charge in [0.15, 0.2) is 11.3 Å². The first-order valence-electron chi connectivity index (χ1n) is 9.79. The van der Waals surface area contributed by atoms with Crippen molar-refractivity contribution in [3.05, 3.63) is 56.1 Å². The van der Waals surface area contributed by atoms with Gasteiger partial charge in [0.2, 0.25) is 11.2 Å². The Hall–Kier alpha value is -2.31. The Balaban J connectivity index is 2.23. The zero-order valence-electron chi connectivity index (χ0n) is 17.3. The van der Waals surface area contributed by atoms with E-state index >= 15 is 0 Å². The zero-order chi connectivity index (χ0) is 22.0. The van der Waals surface area contributed by atoms with Crippen LogP contribution in [0.2, 0.25) is 5.02 Å². The summed E-state index contributed by atoms with van der Waals surface area (Å²) in [5.74, 6) is -0.839. The highest BCUT2D eigenvalue weighted by atomic mass is 79.9. The summed E-state index contributed by atoms with van der Waals surface area (Å²) >= 11 is 9.52. The van der Waals surface area contributed by atoms with Crippen molar-refractivity contribution in [3.63, 3.8) is 0 Å². The lowest BCUT2D eigenvalue weighted by molar-refractivity contribution is -0.137. The Kier molecular flexibility index (Phi) is 6.88. The van der Waals surface area contributed by atoms with Crippen LogP contribution in [-0.4, -0.2) is 19.1 Å². The highest BCUT2D eigenvalue weighted by molar-refractivity contribution is 9.10. The SMILES string of the molecule is CCN(CC)c1ccc(-c2oc3c(Br)cc(Cl)cc3c(=O)c2OC(=O)C(C)C)cc1. The van der Waals surface area contributed by atoms with E-state index in [-0.39, 0.29) is 16.9 Å². The highest BCUT2D eigenvalue weighted by Crippen LogP contribution is 2.36. The number of nitrogens with zero attached hydrogens (tertiary/aromatic N) is 1. The van der Waals surface area contributed by atoms with Gasteiger partial charge in [-0.1, -0.05) is 25.4 Å². The third-order valence-electron chi connectivity index (χ3n) is 4.80. The van der Waals surface area contributed by atoms with E-state index in [1.165, 1.54) is 6.07 Å². The molecule has 0 aliphatic carbocycles. The van der Waals surface area contributed by atoms with Gasteiger partial charge in [-0.3, -0.25) is 9.59 Å². The van der Waals surface area contributed by atoms with E-state index in [0.717, 1.165) is 18.8 Å². The van der Waals surface area contributed by atoms with Gasteiger partial charge >= 0.3 is 5.97 Å². The summed E-state index contributed by atoms with van der Waals surface area (Å²) in [7, 11) is 0. The van der Waals surface area contributed by atoms with Crippen molar-refractivity contribution in [2.45, 2.75) is 27.7 Å². The first-order valence-corrected chi connectivity index (χ1v) is 11.0. The molecule has 0 aliphatic heterocycles. The van der Waals surface area contributed by atoms with Crippen LogP contribution in [0.15, 0.2) is 50.1 Å². The molecule has 30 heavy (non-hydrogen) atoms. The monoisotopic (exact) mass is 491 g/mol. The minimum absolute atomic E-state index is 0.133. The predicted octanol–water partition coefficient (Wildman–Crippen LogP) is 6.28. The van der Waals surface area contributed by atoms with Crippen molar-refractivity contribution in [2.75, 3.05) is 18.0 Å². The van der Waals surface area contributed by atoms with Gasteiger partial charge in [0.05, 0.1) is 15.8 Å². The second-order valence-corrected chi connectivity index (χ2v) is 8.44. The number of anilines is 1. The Labute approximate surface area is 188 Å². The number of fused-ring (bicyclic) bond motifs is 1. The molecule has 0 atom stereocenters. The fraction of sp³-hybridized carbons (Fsp3) is 0.304. The second-order valence-electron chi connectivity index (χ2n) is 7.15. The summed E-state index contributed by atoms with van der Waals surface area (Å²) in [4.78, 5) is 27.7. The molecule has 0 spiro atoms. The molecular formula is C23H23BrClNO4. The van der Waals surface area contributed by atoms with E-state index in [4.69, 9.17) is 20.8 Å². The van der Waals surface area contributed by atoms with Gasteiger partial charge in [0, 0.05) is 29.4 Å². The van der Waals surface area contributed by atoms with Crippen LogP contribution in [0.1, 0.15) is 27.7 Å². The number of ether oxygens (including phenoxy) is 1. The molecule has 158 valence electrons. The summed E-state index contributed by atoms with van der Waals surface area (Å²) in [5.41, 5.74) is 1.59. The van der Waals surface area contributed by atoms with Crippen LogP contribution in [-0.2, 0) is 4.79 Å². The Morgan fingerprint density at radius 3 is 2.37 bits per heavy atom. The second kappa shape index (κ2) is 9.23. The van der Waals surface area contributed by atoms with Gasteiger partial charge in [0.25, 0.3) is 0 Å². The average molecular weight is 493 g/mol. The first kappa shape index (κ1) is 22.4. The molecule has 3 aromatic rings. The number of benzene rings is 2. The van der Waals surface area contributed by atoms with E-state index in [1.807, 2.05) is 24.3 Å². The molecule has 1 heterocycles. The number of halogens is 2. The largest absolute Gasteiger partial charge is 0.451 e. The molecule has 3 rings (SSSR count). The van der Waals surface area contributed by atoms with Crippen molar-refractivity contribution < 1.29 is 13.9 Å². The topological polar surface area (TPSA) is 59.8 Å². The van der Waals surface area contributed by atoms with Crippen LogP contribution in [0.5, 0.6) is 5.75 Å². The van der Waals surface area contributed by atoms with Crippen molar-refractivity contribution in [1.82, 2.24) is 0 Å². The van der Waals surface area contributed by atoms with Crippen LogP contribution >= 0.6 is 27.5 Å². The molecular weight excluding hydrogens is 470 g/mol. The quantitative estimate of drug-likeness (QED) is 0.379. The molecule has 0 radical (unpaired) electrons. The lowest BCUT2D eigenvalue weighted by Gasteiger charge is -2.21. The minimum atomic E-state index is -0.510. The fourth-order valence-electron chi connectivity index (χ4n) is 3.12. The minimum Gasteiger partial charge on any atom is -0.451 e. The van der Waals surface area contributed by atoms with Gasteiger partial charge in [-0.2, -0.15) is 0 Å². The fourth-order valence-corrected chi connectivity index (χ4v) is 4.01. The van der Waals surface area contributed by atoms with Crippen LogP contribution in [0.4, 0.5) is 5.69 Å². The normalized spacial score (nSPS) is 11.2. The highest BCUT2D eigenvalue weighted by Gasteiger charge is 2.23. The molecule has 1 aromatic heterocycles. The lowest BCUT2D eigenvalue weighted by Crippen LogP contribution is -2.21. The van der Waals surface area contributed by atoms with Gasteiger partial charge in [-0.05, 0) is 66.2 Å². The molecule has 0 fully saturated rings. The van der Waals surface area contributed by atoms with Crippen LogP contribution in [0.3, 0.4) is 0 Å². The number of rotatable bonds is 6. The predicted molar refractivity (Wildman–Crippen MR) is 125 cm³/mol. The molecule has 5 nitrogen and oxygen atoms in total. The Morgan fingerprint density at radius 1 is 1.17 bits per heavy atom. The average Bonchev–Trinajstić information content (AvgIpc) is 2.71. The summed E-state index contributed by atoms with van der Waals surface area (Å²) in [6.45, 7) is 9.35. The molecule has 0 N–H and O–H groups in total. The van der Waals surface area contributed by atoms with Gasteiger partial charge in [-0.25, -0.2) is 0 Å². The maximum atomic E-state index is 13.2. The number of carbonyl (C=O) groups excluding carboxylic acids is 1. The number of carbonyl (C=O) groups is 1. The molecule has 7 heteroatoms. The number of hydrogen-bond donors (Lipinski definition) is 0. The zero-order valence-corrected chi connectivity index (χ0v) is 19.6.